The number of rotatable bonds is 7. The fourth-order valence-electron chi connectivity index (χ4n) is 3.79. The Balaban J connectivity index is 1.32. The van der Waals surface area contributed by atoms with Gasteiger partial charge in [-0.25, -0.2) is 18.4 Å². The average Bonchev–Trinajstić information content (AvgIpc) is 3.42. The molecule has 3 aromatic rings. The number of nitrogens with zero attached hydrogens (tertiary/aromatic N) is 3. The summed E-state index contributed by atoms with van der Waals surface area (Å²) in [7, 11) is -3.64. The number of hydrazine groups is 1. The van der Waals surface area contributed by atoms with Crippen LogP contribution >= 0.6 is 11.8 Å². The van der Waals surface area contributed by atoms with Gasteiger partial charge in [-0.2, -0.15) is 4.31 Å². The van der Waals surface area contributed by atoms with Crippen LogP contribution in [-0.4, -0.2) is 47.6 Å². The van der Waals surface area contributed by atoms with Gasteiger partial charge < -0.3 is 0 Å². The zero-order valence-electron chi connectivity index (χ0n) is 20.0. The summed E-state index contributed by atoms with van der Waals surface area (Å²) in [5.41, 5.74) is 8.07. The van der Waals surface area contributed by atoms with Crippen LogP contribution in [0.2, 0.25) is 0 Å². The zero-order valence-corrected chi connectivity index (χ0v) is 21.7. The summed E-state index contributed by atoms with van der Waals surface area (Å²) >= 11 is 1.51. The molecule has 0 radical (unpaired) electrons. The Morgan fingerprint density at radius 3 is 2.14 bits per heavy atom. The lowest BCUT2D eigenvalue weighted by molar-refractivity contribution is 0.0846. The van der Waals surface area contributed by atoms with E-state index in [0.29, 0.717) is 29.6 Å². The minimum Gasteiger partial charge on any atom is -0.267 e. The van der Waals surface area contributed by atoms with E-state index in [0.717, 1.165) is 29.8 Å². The van der Waals surface area contributed by atoms with Crippen LogP contribution < -0.4 is 10.9 Å². The smallest absolute Gasteiger partial charge is 0.267 e. The number of amides is 2. The van der Waals surface area contributed by atoms with Crippen LogP contribution in [0.4, 0.5) is 0 Å². The van der Waals surface area contributed by atoms with Crippen molar-refractivity contribution >= 4 is 33.6 Å². The molecule has 1 aliphatic rings. The second kappa shape index (κ2) is 11.2. The molecule has 0 saturated carbocycles. The average molecular weight is 526 g/mol. The van der Waals surface area contributed by atoms with Crippen LogP contribution in [-0.2, 0) is 15.8 Å². The maximum atomic E-state index is 12.8. The number of nitrogens with one attached hydrogen (secondary N) is 2. The van der Waals surface area contributed by atoms with Crippen molar-refractivity contribution in [3.63, 3.8) is 0 Å². The number of aryl methyl sites for hydroxylation is 2. The molecule has 0 spiro atoms. The first-order chi connectivity index (χ1) is 17.2. The molecule has 1 aromatic heterocycles. The summed E-state index contributed by atoms with van der Waals surface area (Å²) in [6.45, 7) is 4.81. The molecule has 2 aromatic carbocycles. The van der Waals surface area contributed by atoms with Gasteiger partial charge in [-0.15, -0.1) is 0 Å². The highest BCUT2D eigenvalue weighted by atomic mass is 32.2. The Labute approximate surface area is 214 Å². The molecular weight excluding hydrogens is 498 g/mol. The highest BCUT2D eigenvalue weighted by Gasteiger charge is 2.27. The number of benzene rings is 2. The maximum absolute atomic E-state index is 12.8. The number of hydrogen-bond acceptors (Lipinski definition) is 7. The minimum absolute atomic E-state index is 0.0584. The third kappa shape index (κ3) is 6.28. The van der Waals surface area contributed by atoms with Crippen LogP contribution in [0, 0.1) is 13.8 Å². The van der Waals surface area contributed by atoms with Crippen molar-refractivity contribution in [1.29, 1.82) is 0 Å². The van der Waals surface area contributed by atoms with Gasteiger partial charge in [-0.05, 0) is 68.7 Å². The highest BCUT2D eigenvalue weighted by molar-refractivity contribution is 7.98. The largest absolute Gasteiger partial charge is 0.269 e. The van der Waals surface area contributed by atoms with Crippen molar-refractivity contribution in [3.05, 3.63) is 82.7 Å². The lowest BCUT2D eigenvalue weighted by Crippen LogP contribution is -2.41. The molecule has 0 atom stereocenters. The quantitative estimate of drug-likeness (QED) is 0.276. The predicted octanol–water partition coefficient (Wildman–Crippen LogP) is 3.25. The van der Waals surface area contributed by atoms with Gasteiger partial charge >= 0.3 is 0 Å². The number of thioether (sulfide) groups is 1. The molecule has 2 N–H and O–H groups in total. The molecule has 1 fully saturated rings. The van der Waals surface area contributed by atoms with E-state index in [4.69, 9.17) is 0 Å². The molecule has 11 heteroatoms. The molecule has 0 aliphatic carbocycles. The lowest BCUT2D eigenvalue weighted by atomic mass is 10.1. The predicted molar refractivity (Wildman–Crippen MR) is 137 cm³/mol. The molecule has 1 aliphatic heterocycles. The van der Waals surface area contributed by atoms with E-state index in [1.165, 1.54) is 40.3 Å². The van der Waals surface area contributed by atoms with Crippen molar-refractivity contribution in [2.75, 3.05) is 13.1 Å². The van der Waals surface area contributed by atoms with Crippen molar-refractivity contribution in [1.82, 2.24) is 25.1 Å². The van der Waals surface area contributed by atoms with E-state index in [-0.39, 0.29) is 10.5 Å². The summed E-state index contributed by atoms with van der Waals surface area (Å²) in [5, 5.41) is 0.703. The zero-order chi connectivity index (χ0) is 25.7. The van der Waals surface area contributed by atoms with Crippen LogP contribution in [0.3, 0.4) is 0 Å². The first kappa shape index (κ1) is 25.8. The molecule has 2 amide bonds. The van der Waals surface area contributed by atoms with Crippen LogP contribution in [0.5, 0.6) is 0 Å². The van der Waals surface area contributed by atoms with Gasteiger partial charge in [0, 0.05) is 41.4 Å². The van der Waals surface area contributed by atoms with E-state index >= 15 is 0 Å². The van der Waals surface area contributed by atoms with Crippen LogP contribution in [0.1, 0.15) is 50.5 Å². The summed E-state index contributed by atoms with van der Waals surface area (Å²) < 4.78 is 26.9. The second-order valence-electron chi connectivity index (χ2n) is 8.47. The van der Waals surface area contributed by atoms with Gasteiger partial charge in [0.05, 0.1) is 4.90 Å². The molecule has 2 heterocycles. The third-order valence-electron chi connectivity index (χ3n) is 5.63. The Morgan fingerprint density at radius 1 is 0.889 bits per heavy atom. The SMILES string of the molecule is Cc1cc(C)nc(SCc2ccc(C(=O)NNC(=O)c3cccc(S(=O)(=O)N4CCCC4)c3)cc2)n1. The molecule has 9 nitrogen and oxygen atoms in total. The van der Waals surface area contributed by atoms with Crippen LogP contribution in [0.15, 0.2) is 64.6 Å². The topological polar surface area (TPSA) is 121 Å². The number of carbonyl (C=O) groups is 2. The molecule has 188 valence electrons. The first-order valence-corrected chi connectivity index (χ1v) is 13.9. The molecule has 0 bridgehead atoms. The van der Waals surface area contributed by atoms with Crippen molar-refractivity contribution in [2.45, 2.75) is 42.5 Å². The van der Waals surface area contributed by atoms with Crippen molar-refractivity contribution in [3.8, 4) is 0 Å². The lowest BCUT2D eigenvalue weighted by Gasteiger charge is -2.16. The first-order valence-electron chi connectivity index (χ1n) is 11.5. The molecule has 0 unspecified atom stereocenters. The van der Waals surface area contributed by atoms with Gasteiger partial charge in [0.15, 0.2) is 5.16 Å². The number of sulfonamides is 1. The van der Waals surface area contributed by atoms with E-state index in [1.54, 1.807) is 12.1 Å². The second-order valence-corrected chi connectivity index (χ2v) is 11.3. The summed E-state index contributed by atoms with van der Waals surface area (Å²) in [6.07, 6.45) is 1.65. The van der Waals surface area contributed by atoms with E-state index < -0.39 is 21.8 Å². The molecule has 36 heavy (non-hydrogen) atoms. The van der Waals surface area contributed by atoms with E-state index in [1.807, 2.05) is 32.0 Å². The Morgan fingerprint density at radius 2 is 1.50 bits per heavy atom. The van der Waals surface area contributed by atoms with Gasteiger partial charge in [-0.3, -0.25) is 20.4 Å². The maximum Gasteiger partial charge on any atom is 0.269 e. The molecular formula is C25H27N5O4S2. The number of hydrogen-bond donors (Lipinski definition) is 2. The van der Waals surface area contributed by atoms with Crippen molar-refractivity contribution in [2.24, 2.45) is 0 Å². The van der Waals surface area contributed by atoms with Gasteiger partial charge in [0.1, 0.15) is 0 Å². The highest BCUT2D eigenvalue weighted by Crippen LogP contribution is 2.22. The third-order valence-corrected chi connectivity index (χ3v) is 8.45. The Bertz CT molecular complexity index is 1350. The minimum atomic E-state index is -3.64. The molecule has 4 rings (SSSR count). The Kier molecular flexibility index (Phi) is 8.02. The summed E-state index contributed by atoms with van der Waals surface area (Å²) in [6, 6.07) is 14.7. The summed E-state index contributed by atoms with van der Waals surface area (Å²) in [5.74, 6) is -0.442. The van der Waals surface area contributed by atoms with E-state index in [2.05, 4.69) is 20.8 Å². The number of carbonyl (C=O) groups excluding carboxylic acids is 2. The fraction of sp³-hybridized carbons (Fsp3) is 0.280. The summed E-state index contributed by atoms with van der Waals surface area (Å²) in [4.78, 5) is 33.9. The molecule has 1 saturated heterocycles. The van der Waals surface area contributed by atoms with Gasteiger partial charge in [0.25, 0.3) is 11.8 Å². The van der Waals surface area contributed by atoms with Gasteiger partial charge in [0.2, 0.25) is 10.0 Å². The Hall–Kier alpha value is -3.28. The fourth-order valence-corrected chi connectivity index (χ4v) is 6.26. The van der Waals surface area contributed by atoms with Crippen LogP contribution in [0.25, 0.3) is 0 Å². The standard InChI is InChI=1S/C25H27N5O4S2/c1-17-14-18(2)27-25(26-17)35-16-19-8-10-20(11-9-19)23(31)28-29-24(32)21-6-5-7-22(15-21)36(33,34)30-12-3-4-13-30/h5-11,14-15H,3-4,12-13,16H2,1-2H3,(H,28,31)(H,29,32). The van der Waals surface area contributed by atoms with Gasteiger partial charge in [-0.1, -0.05) is 30.0 Å². The van der Waals surface area contributed by atoms with Crippen molar-refractivity contribution < 1.29 is 18.0 Å². The normalized spacial score (nSPS) is 13.9. The van der Waals surface area contributed by atoms with E-state index in [9.17, 15) is 18.0 Å². The monoisotopic (exact) mass is 525 g/mol. The number of aromatic nitrogens is 2.